The fourth-order valence-electron chi connectivity index (χ4n) is 3.28. The summed E-state index contributed by atoms with van der Waals surface area (Å²) in [6.07, 6.45) is 3.32. The first-order valence-electron chi connectivity index (χ1n) is 9.47. The molecule has 6 nitrogen and oxygen atoms in total. The summed E-state index contributed by atoms with van der Waals surface area (Å²) in [6, 6.07) is 20.6. The smallest absolute Gasteiger partial charge is 0.254 e. The standard InChI is InChI=1S/C23H21N3O3/c27-22-16-25(12-13-26(22)20-9-5-11-24-15-20)23(28)19-8-4-10-21(14-19)29-17-18-6-2-1-3-7-18/h1-11,14-15H,12-13,16-17H2. The van der Waals surface area contributed by atoms with E-state index >= 15 is 0 Å². The van der Waals surface area contributed by atoms with Gasteiger partial charge in [0.25, 0.3) is 5.91 Å². The summed E-state index contributed by atoms with van der Waals surface area (Å²) >= 11 is 0. The van der Waals surface area contributed by atoms with Gasteiger partial charge in [-0.3, -0.25) is 14.6 Å². The first kappa shape index (κ1) is 18.7. The summed E-state index contributed by atoms with van der Waals surface area (Å²) < 4.78 is 5.81. The molecule has 4 rings (SSSR count). The third kappa shape index (κ3) is 4.43. The predicted molar refractivity (Wildman–Crippen MR) is 110 cm³/mol. The fraction of sp³-hybridized carbons (Fsp3) is 0.174. The highest BCUT2D eigenvalue weighted by atomic mass is 16.5. The molecule has 1 aliphatic heterocycles. The van der Waals surface area contributed by atoms with Crippen LogP contribution in [0.1, 0.15) is 15.9 Å². The van der Waals surface area contributed by atoms with Crippen molar-refractivity contribution in [1.82, 2.24) is 9.88 Å². The highest BCUT2D eigenvalue weighted by Crippen LogP contribution is 2.20. The molecule has 2 amide bonds. The van der Waals surface area contributed by atoms with Gasteiger partial charge in [-0.15, -0.1) is 0 Å². The number of carbonyl (C=O) groups is 2. The Bertz CT molecular complexity index is 993. The zero-order valence-electron chi connectivity index (χ0n) is 15.9. The summed E-state index contributed by atoms with van der Waals surface area (Å²) in [5.41, 5.74) is 2.32. The van der Waals surface area contributed by atoms with Gasteiger partial charge in [0.1, 0.15) is 18.9 Å². The number of ether oxygens (including phenoxy) is 1. The molecule has 0 saturated carbocycles. The summed E-state index contributed by atoms with van der Waals surface area (Å²) in [5.74, 6) is 0.337. The molecular weight excluding hydrogens is 366 g/mol. The second kappa shape index (κ2) is 8.56. The average Bonchev–Trinajstić information content (AvgIpc) is 2.78. The van der Waals surface area contributed by atoms with Crippen molar-refractivity contribution in [3.63, 3.8) is 0 Å². The van der Waals surface area contributed by atoms with Crippen molar-refractivity contribution in [2.75, 3.05) is 24.5 Å². The van der Waals surface area contributed by atoms with E-state index in [1.54, 1.807) is 46.5 Å². The van der Waals surface area contributed by atoms with Crippen LogP contribution in [0.3, 0.4) is 0 Å². The van der Waals surface area contributed by atoms with Crippen LogP contribution in [0, 0.1) is 0 Å². The van der Waals surface area contributed by atoms with Gasteiger partial charge in [0.2, 0.25) is 5.91 Å². The Kier molecular flexibility index (Phi) is 5.52. The second-order valence-electron chi connectivity index (χ2n) is 6.79. The number of hydrogen-bond acceptors (Lipinski definition) is 4. The maximum Gasteiger partial charge on any atom is 0.254 e. The van der Waals surface area contributed by atoms with Crippen LogP contribution in [0.5, 0.6) is 5.75 Å². The van der Waals surface area contributed by atoms with Crippen LogP contribution in [0.2, 0.25) is 0 Å². The first-order chi connectivity index (χ1) is 14.2. The van der Waals surface area contributed by atoms with Crippen LogP contribution in [-0.4, -0.2) is 41.3 Å². The van der Waals surface area contributed by atoms with Gasteiger partial charge in [-0.1, -0.05) is 36.4 Å². The van der Waals surface area contributed by atoms with E-state index in [4.69, 9.17) is 4.74 Å². The number of anilines is 1. The third-order valence-electron chi connectivity index (χ3n) is 4.79. The molecule has 1 saturated heterocycles. The van der Waals surface area contributed by atoms with Gasteiger partial charge >= 0.3 is 0 Å². The van der Waals surface area contributed by atoms with E-state index in [-0.39, 0.29) is 18.4 Å². The lowest BCUT2D eigenvalue weighted by atomic mass is 10.1. The number of pyridine rings is 1. The minimum atomic E-state index is -0.172. The molecule has 146 valence electrons. The maximum absolute atomic E-state index is 12.9. The van der Waals surface area contributed by atoms with Gasteiger partial charge in [-0.25, -0.2) is 0 Å². The molecule has 0 spiro atoms. The molecule has 0 N–H and O–H groups in total. The molecule has 1 aliphatic rings. The highest BCUT2D eigenvalue weighted by Gasteiger charge is 2.28. The van der Waals surface area contributed by atoms with Crippen LogP contribution >= 0.6 is 0 Å². The molecule has 0 atom stereocenters. The normalized spacial score (nSPS) is 14.0. The molecular formula is C23H21N3O3. The molecule has 1 fully saturated rings. The van der Waals surface area contributed by atoms with E-state index in [1.165, 1.54) is 0 Å². The number of amides is 2. The Labute approximate surface area is 169 Å². The number of piperazine rings is 1. The lowest BCUT2D eigenvalue weighted by molar-refractivity contribution is -0.120. The van der Waals surface area contributed by atoms with Crippen LogP contribution in [-0.2, 0) is 11.4 Å². The van der Waals surface area contributed by atoms with Gasteiger partial charge in [0, 0.05) is 24.8 Å². The molecule has 2 aromatic carbocycles. The van der Waals surface area contributed by atoms with E-state index < -0.39 is 0 Å². The maximum atomic E-state index is 12.9. The Morgan fingerprint density at radius 2 is 1.86 bits per heavy atom. The van der Waals surface area contributed by atoms with Crippen molar-refractivity contribution < 1.29 is 14.3 Å². The Morgan fingerprint density at radius 3 is 2.62 bits per heavy atom. The van der Waals surface area contributed by atoms with Crippen LogP contribution in [0.15, 0.2) is 79.1 Å². The number of rotatable bonds is 5. The zero-order chi connectivity index (χ0) is 20.1. The van der Waals surface area contributed by atoms with E-state index in [0.29, 0.717) is 31.0 Å². The average molecular weight is 387 g/mol. The molecule has 2 heterocycles. The van der Waals surface area contributed by atoms with Crippen molar-refractivity contribution in [3.05, 3.63) is 90.3 Å². The van der Waals surface area contributed by atoms with Crippen molar-refractivity contribution in [2.45, 2.75) is 6.61 Å². The minimum Gasteiger partial charge on any atom is -0.489 e. The third-order valence-corrected chi connectivity index (χ3v) is 4.79. The monoisotopic (exact) mass is 387 g/mol. The number of nitrogens with zero attached hydrogens (tertiary/aromatic N) is 3. The van der Waals surface area contributed by atoms with Gasteiger partial charge in [-0.05, 0) is 35.9 Å². The summed E-state index contributed by atoms with van der Waals surface area (Å²) in [6.45, 7) is 1.39. The van der Waals surface area contributed by atoms with E-state index in [0.717, 1.165) is 11.3 Å². The summed E-state index contributed by atoms with van der Waals surface area (Å²) in [4.78, 5) is 32.7. The highest BCUT2D eigenvalue weighted by molar-refractivity contribution is 6.01. The Morgan fingerprint density at radius 1 is 1.00 bits per heavy atom. The van der Waals surface area contributed by atoms with Gasteiger partial charge in [-0.2, -0.15) is 0 Å². The fourth-order valence-corrected chi connectivity index (χ4v) is 3.28. The molecule has 3 aromatic rings. The molecule has 6 heteroatoms. The lowest BCUT2D eigenvalue weighted by Crippen LogP contribution is -2.52. The van der Waals surface area contributed by atoms with E-state index in [1.807, 2.05) is 42.5 Å². The van der Waals surface area contributed by atoms with Gasteiger partial charge in [0.15, 0.2) is 0 Å². The molecule has 0 aliphatic carbocycles. The van der Waals surface area contributed by atoms with Crippen LogP contribution in [0.4, 0.5) is 5.69 Å². The predicted octanol–water partition coefficient (Wildman–Crippen LogP) is 3.15. The molecule has 29 heavy (non-hydrogen) atoms. The Balaban J connectivity index is 1.40. The first-order valence-corrected chi connectivity index (χ1v) is 9.47. The van der Waals surface area contributed by atoms with Crippen molar-refractivity contribution in [3.8, 4) is 5.75 Å². The number of aromatic nitrogens is 1. The van der Waals surface area contributed by atoms with Gasteiger partial charge < -0.3 is 14.5 Å². The quantitative estimate of drug-likeness (QED) is 0.675. The van der Waals surface area contributed by atoms with Crippen molar-refractivity contribution in [2.24, 2.45) is 0 Å². The second-order valence-corrected chi connectivity index (χ2v) is 6.79. The van der Waals surface area contributed by atoms with Gasteiger partial charge in [0.05, 0.1) is 11.9 Å². The molecule has 0 unspecified atom stereocenters. The van der Waals surface area contributed by atoms with E-state index in [9.17, 15) is 9.59 Å². The zero-order valence-corrected chi connectivity index (χ0v) is 15.9. The summed E-state index contributed by atoms with van der Waals surface area (Å²) in [5, 5.41) is 0. The lowest BCUT2D eigenvalue weighted by Gasteiger charge is -2.34. The van der Waals surface area contributed by atoms with Crippen molar-refractivity contribution in [1.29, 1.82) is 0 Å². The number of hydrogen-bond donors (Lipinski definition) is 0. The number of carbonyl (C=O) groups excluding carboxylic acids is 2. The van der Waals surface area contributed by atoms with Crippen molar-refractivity contribution >= 4 is 17.5 Å². The molecule has 0 bridgehead atoms. The minimum absolute atomic E-state index is 0.0445. The summed E-state index contributed by atoms with van der Waals surface area (Å²) in [7, 11) is 0. The molecule has 0 radical (unpaired) electrons. The Hall–Kier alpha value is -3.67. The number of benzene rings is 2. The van der Waals surface area contributed by atoms with E-state index in [2.05, 4.69) is 4.98 Å². The van der Waals surface area contributed by atoms with Crippen LogP contribution < -0.4 is 9.64 Å². The topological polar surface area (TPSA) is 62.7 Å². The SMILES string of the molecule is O=C(c1cccc(OCc2ccccc2)c1)N1CCN(c2cccnc2)C(=O)C1. The van der Waals surface area contributed by atoms with Crippen LogP contribution in [0.25, 0.3) is 0 Å². The molecule has 1 aromatic heterocycles. The largest absolute Gasteiger partial charge is 0.489 e.